The highest BCUT2D eigenvalue weighted by molar-refractivity contribution is 5.74. The number of benzene rings is 1. The highest BCUT2D eigenvalue weighted by Gasteiger charge is 2.17. The van der Waals surface area contributed by atoms with E-state index >= 15 is 0 Å². The molecule has 2 aromatic heterocycles. The first-order valence-corrected chi connectivity index (χ1v) is 9.19. The van der Waals surface area contributed by atoms with E-state index in [9.17, 15) is 9.59 Å². The summed E-state index contributed by atoms with van der Waals surface area (Å²) in [6.07, 6.45) is 0.615. The predicted molar refractivity (Wildman–Crippen MR) is 112 cm³/mol. The molecule has 1 aromatic carbocycles. The van der Waals surface area contributed by atoms with E-state index in [1.807, 2.05) is 37.3 Å². The highest BCUT2D eigenvalue weighted by atomic mass is 16.2. The number of hydrogen-bond acceptors (Lipinski definition) is 5. The number of anilines is 1. The normalized spacial score (nSPS) is 14.7. The number of aryl methyl sites for hydroxylation is 2. The van der Waals surface area contributed by atoms with E-state index in [2.05, 4.69) is 10.3 Å². The van der Waals surface area contributed by atoms with Gasteiger partial charge in [-0.1, -0.05) is 30.3 Å². The summed E-state index contributed by atoms with van der Waals surface area (Å²) >= 11 is 0. The summed E-state index contributed by atoms with van der Waals surface area (Å²) in [5.41, 5.74) is 0.775. The molecule has 28 heavy (non-hydrogen) atoms. The molecule has 0 aliphatic heterocycles. The Morgan fingerprint density at radius 1 is 1.14 bits per heavy atom. The van der Waals surface area contributed by atoms with Crippen molar-refractivity contribution in [2.24, 2.45) is 21.1 Å². The van der Waals surface area contributed by atoms with E-state index in [4.69, 9.17) is 4.11 Å². The highest BCUT2D eigenvalue weighted by Crippen LogP contribution is 2.13. The number of imidazole rings is 1. The molecular formula is C20H28N6O2. The molecule has 2 heterocycles. The second-order valence-corrected chi connectivity index (χ2v) is 7.03. The van der Waals surface area contributed by atoms with Crippen LogP contribution in [-0.2, 0) is 27.6 Å². The Morgan fingerprint density at radius 3 is 2.54 bits per heavy atom. The zero-order valence-electron chi connectivity index (χ0n) is 19.6. The zero-order chi connectivity index (χ0) is 22.9. The van der Waals surface area contributed by atoms with Crippen LogP contribution in [0.3, 0.4) is 0 Å². The van der Waals surface area contributed by atoms with Gasteiger partial charge in [-0.2, -0.15) is 4.98 Å². The third-order valence-corrected chi connectivity index (χ3v) is 5.02. The molecule has 1 N–H and O–H groups in total. The van der Waals surface area contributed by atoms with Crippen LogP contribution >= 0.6 is 0 Å². The second-order valence-electron chi connectivity index (χ2n) is 7.03. The van der Waals surface area contributed by atoms with Crippen LogP contribution in [0, 0.1) is 0 Å². The molecule has 0 saturated heterocycles. The van der Waals surface area contributed by atoms with E-state index in [1.165, 1.54) is 16.5 Å². The average Bonchev–Trinajstić information content (AvgIpc) is 3.04. The van der Waals surface area contributed by atoms with Gasteiger partial charge < -0.3 is 14.8 Å². The third kappa shape index (κ3) is 3.73. The van der Waals surface area contributed by atoms with Gasteiger partial charge >= 0.3 is 5.69 Å². The van der Waals surface area contributed by atoms with Crippen molar-refractivity contribution in [3.8, 4) is 0 Å². The van der Waals surface area contributed by atoms with E-state index in [-0.39, 0.29) is 18.2 Å². The molecule has 0 bridgehead atoms. The van der Waals surface area contributed by atoms with Gasteiger partial charge in [0.25, 0.3) is 5.56 Å². The van der Waals surface area contributed by atoms with Gasteiger partial charge in [-0.3, -0.25) is 13.9 Å². The minimum Gasteiger partial charge on any atom is -0.354 e. The van der Waals surface area contributed by atoms with Gasteiger partial charge in [-0.25, -0.2) is 4.79 Å². The standard InChI is InChI=1S/C20H28N6O2/c1-14(13-15-9-7-6-8-10-15)23(2)12-11-21-19-22-17-16(24(19)3)18(27)26(5)20(28)25(17)4/h6-10,14H,11-13H2,1-5H3,(H,21,22)/i2D3. The van der Waals surface area contributed by atoms with Gasteiger partial charge in [0.05, 0.1) is 0 Å². The molecule has 0 saturated carbocycles. The van der Waals surface area contributed by atoms with Crippen LogP contribution in [0.15, 0.2) is 39.9 Å². The van der Waals surface area contributed by atoms with E-state index < -0.39 is 18.2 Å². The summed E-state index contributed by atoms with van der Waals surface area (Å²) in [6, 6.07) is 9.57. The molecule has 0 aliphatic carbocycles. The van der Waals surface area contributed by atoms with Crippen molar-refractivity contribution in [3.05, 3.63) is 56.7 Å². The summed E-state index contributed by atoms with van der Waals surface area (Å²) in [5, 5.41) is 3.11. The summed E-state index contributed by atoms with van der Waals surface area (Å²) in [4.78, 5) is 30.5. The number of fused-ring (bicyclic) bond motifs is 1. The molecule has 0 aliphatic rings. The van der Waals surface area contributed by atoms with Gasteiger partial charge in [-0.05, 0) is 25.9 Å². The molecule has 0 fully saturated rings. The van der Waals surface area contributed by atoms with Gasteiger partial charge in [0, 0.05) is 44.4 Å². The van der Waals surface area contributed by atoms with Crippen molar-refractivity contribution >= 4 is 17.1 Å². The van der Waals surface area contributed by atoms with Crippen LogP contribution in [0.25, 0.3) is 11.2 Å². The first kappa shape index (κ1) is 16.1. The maximum Gasteiger partial charge on any atom is 0.332 e. The fourth-order valence-corrected chi connectivity index (χ4v) is 3.25. The van der Waals surface area contributed by atoms with E-state index in [1.54, 1.807) is 18.7 Å². The molecule has 8 heteroatoms. The predicted octanol–water partition coefficient (Wildman–Crippen LogP) is 0.946. The number of likely N-dealkylation sites (N-methyl/N-ethyl adjacent to an activating group) is 1. The third-order valence-electron chi connectivity index (χ3n) is 5.02. The fourth-order valence-electron chi connectivity index (χ4n) is 3.25. The Hall–Kier alpha value is -2.87. The number of rotatable bonds is 7. The minimum absolute atomic E-state index is 0.203. The van der Waals surface area contributed by atoms with Crippen LogP contribution in [0.1, 0.15) is 16.6 Å². The maximum absolute atomic E-state index is 12.5. The molecule has 0 amide bonds. The smallest absolute Gasteiger partial charge is 0.332 e. The largest absolute Gasteiger partial charge is 0.354 e. The lowest BCUT2D eigenvalue weighted by atomic mass is 10.1. The quantitative estimate of drug-likeness (QED) is 0.653. The number of nitrogens with one attached hydrogen (secondary N) is 1. The monoisotopic (exact) mass is 387 g/mol. The average molecular weight is 388 g/mol. The Bertz CT molecular complexity index is 1180. The molecule has 0 spiro atoms. The lowest BCUT2D eigenvalue weighted by Gasteiger charge is -2.25. The van der Waals surface area contributed by atoms with Crippen LogP contribution in [0.5, 0.6) is 0 Å². The summed E-state index contributed by atoms with van der Waals surface area (Å²) in [5.74, 6) is 0.398. The van der Waals surface area contributed by atoms with Crippen LogP contribution < -0.4 is 16.6 Å². The van der Waals surface area contributed by atoms with Crippen LogP contribution in [-0.4, -0.2) is 49.7 Å². The number of nitrogens with zero attached hydrogens (tertiary/aromatic N) is 5. The molecule has 150 valence electrons. The lowest BCUT2D eigenvalue weighted by molar-refractivity contribution is 0.265. The second kappa shape index (κ2) is 8.02. The van der Waals surface area contributed by atoms with E-state index in [0.29, 0.717) is 24.4 Å². The Morgan fingerprint density at radius 2 is 1.86 bits per heavy atom. The van der Waals surface area contributed by atoms with Gasteiger partial charge in [-0.15, -0.1) is 0 Å². The van der Waals surface area contributed by atoms with Gasteiger partial charge in [0.2, 0.25) is 5.95 Å². The van der Waals surface area contributed by atoms with Gasteiger partial charge in [0.15, 0.2) is 11.2 Å². The summed E-state index contributed by atoms with van der Waals surface area (Å²) in [7, 11) is 4.66. The minimum atomic E-state index is -2.25. The summed E-state index contributed by atoms with van der Waals surface area (Å²) < 4.78 is 27.7. The van der Waals surface area contributed by atoms with Crippen molar-refractivity contribution in [3.63, 3.8) is 0 Å². The molecule has 8 nitrogen and oxygen atoms in total. The number of hydrogen-bond donors (Lipinski definition) is 1. The molecule has 0 radical (unpaired) electrons. The first-order valence-electron chi connectivity index (χ1n) is 10.7. The molecule has 3 rings (SSSR count). The van der Waals surface area contributed by atoms with Crippen molar-refractivity contribution in [2.75, 3.05) is 25.4 Å². The number of aromatic nitrogens is 4. The topological polar surface area (TPSA) is 77.1 Å². The molecule has 1 atom stereocenters. The van der Waals surface area contributed by atoms with Crippen molar-refractivity contribution in [1.29, 1.82) is 0 Å². The Labute approximate surface area is 168 Å². The fraction of sp³-hybridized carbons (Fsp3) is 0.450. The van der Waals surface area contributed by atoms with Crippen LogP contribution in [0.2, 0.25) is 0 Å². The van der Waals surface area contributed by atoms with Crippen molar-refractivity contribution in [1.82, 2.24) is 23.6 Å². The summed E-state index contributed by atoms with van der Waals surface area (Å²) in [6.45, 7) is 0.212. The van der Waals surface area contributed by atoms with Crippen molar-refractivity contribution in [2.45, 2.75) is 19.4 Å². The van der Waals surface area contributed by atoms with Crippen LogP contribution in [0.4, 0.5) is 5.95 Å². The SMILES string of the molecule is [2H]C([2H])([2H])N(CCNc1nc2c(c(=O)n(C)c(=O)n2C)n1C)C(C)Cc1ccccc1. The Kier molecular flexibility index (Phi) is 4.61. The zero-order valence-corrected chi connectivity index (χ0v) is 16.6. The van der Waals surface area contributed by atoms with Crippen molar-refractivity contribution < 1.29 is 4.11 Å². The molecular weight excluding hydrogens is 356 g/mol. The lowest BCUT2D eigenvalue weighted by Crippen LogP contribution is -2.37. The first-order chi connectivity index (χ1) is 14.5. The Balaban J connectivity index is 1.78. The maximum atomic E-state index is 12.5. The van der Waals surface area contributed by atoms with E-state index in [0.717, 1.165) is 10.1 Å². The molecule has 1 unspecified atom stereocenters. The molecule has 3 aromatic rings. The van der Waals surface area contributed by atoms with Gasteiger partial charge in [0.1, 0.15) is 0 Å².